The average molecular weight is 489 g/mol. The van der Waals surface area contributed by atoms with E-state index in [1.807, 2.05) is 0 Å². The number of halogens is 3. The van der Waals surface area contributed by atoms with Crippen molar-refractivity contribution in [3.8, 4) is 0 Å². The van der Waals surface area contributed by atoms with E-state index in [-0.39, 0.29) is 11.3 Å². The number of nitrogens with one attached hydrogen (secondary N) is 2. The largest absolute Gasteiger partial charge is 0.449 e. The third-order valence-corrected chi connectivity index (χ3v) is 5.56. The number of carbonyl (C=O) groups is 2. The number of morpholine rings is 1. The normalized spacial score (nSPS) is 15.0. The Balaban J connectivity index is 1.56. The van der Waals surface area contributed by atoms with Crippen LogP contribution in [0.5, 0.6) is 0 Å². The molecule has 4 rings (SSSR count). The lowest BCUT2D eigenvalue weighted by Crippen LogP contribution is -2.37. The Morgan fingerprint density at radius 1 is 1.11 bits per heavy atom. The van der Waals surface area contributed by atoms with E-state index >= 15 is 0 Å². The Labute approximate surface area is 197 Å². The smallest absolute Gasteiger partial charge is 0.416 e. The van der Waals surface area contributed by atoms with E-state index in [1.54, 1.807) is 29.2 Å². The van der Waals surface area contributed by atoms with Crippen LogP contribution in [0.1, 0.15) is 22.8 Å². The molecule has 3 aromatic rings. The van der Waals surface area contributed by atoms with Gasteiger partial charge in [-0.3, -0.25) is 9.59 Å². The molecule has 2 aromatic carbocycles. The number of aromatic nitrogens is 1. The minimum Gasteiger partial charge on any atom is -0.449 e. The summed E-state index contributed by atoms with van der Waals surface area (Å²) in [5, 5.41) is 2.89. The first-order valence-corrected chi connectivity index (χ1v) is 10.8. The molecule has 1 amide bonds. The molecule has 35 heavy (non-hydrogen) atoms. The van der Waals surface area contributed by atoms with Crippen molar-refractivity contribution in [1.29, 1.82) is 0 Å². The second-order valence-electron chi connectivity index (χ2n) is 7.96. The summed E-state index contributed by atoms with van der Waals surface area (Å²) in [5.74, 6) is -1.73. The highest BCUT2D eigenvalue weighted by Gasteiger charge is 2.32. The number of nitrogens with zero attached hydrogens (tertiary/aromatic N) is 1. The molecule has 1 atom stereocenters. The van der Waals surface area contributed by atoms with Crippen molar-refractivity contribution in [3.63, 3.8) is 0 Å². The van der Waals surface area contributed by atoms with Crippen LogP contribution in [0.2, 0.25) is 0 Å². The average Bonchev–Trinajstić information content (AvgIpc) is 2.83. The lowest BCUT2D eigenvalue weighted by Gasteiger charge is -2.31. The van der Waals surface area contributed by atoms with Crippen LogP contribution in [0.15, 0.2) is 53.3 Å². The van der Waals surface area contributed by atoms with Crippen molar-refractivity contribution < 1.29 is 32.2 Å². The van der Waals surface area contributed by atoms with E-state index in [9.17, 15) is 27.6 Å². The van der Waals surface area contributed by atoms with Gasteiger partial charge < -0.3 is 24.7 Å². The number of aromatic amines is 1. The lowest BCUT2D eigenvalue weighted by molar-refractivity contribution is -0.137. The number of amides is 1. The number of carbonyl (C=O) groups excluding carboxylic acids is 2. The number of H-pyrrole nitrogens is 1. The molecular formula is C24H22F3N3O5. The number of benzene rings is 2. The Hall–Kier alpha value is -3.86. The van der Waals surface area contributed by atoms with Crippen LogP contribution in [-0.2, 0) is 20.4 Å². The summed E-state index contributed by atoms with van der Waals surface area (Å²) in [4.78, 5) is 41.9. The molecule has 0 bridgehead atoms. The standard InChI is InChI=1S/C24H22F3N3O5/c1-14(35-23(33)17-13-21(31)28-18-5-3-2-4-16(17)18)22(32)29-19-12-15(24(25,26)27)6-7-20(19)30-8-10-34-11-9-30/h2-7,12-14H,8-11H2,1H3,(H,28,31)(H,29,32). The van der Waals surface area contributed by atoms with E-state index < -0.39 is 35.3 Å². The van der Waals surface area contributed by atoms with Gasteiger partial charge in [0.1, 0.15) is 0 Å². The Morgan fingerprint density at radius 2 is 1.83 bits per heavy atom. The molecule has 0 saturated carbocycles. The molecule has 11 heteroatoms. The first kappa shape index (κ1) is 24.3. The minimum atomic E-state index is -4.61. The van der Waals surface area contributed by atoms with Gasteiger partial charge in [-0.25, -0.2) is 4.79 Å². The van der Waals surface area contributed by atoms with Gasteiger partial charge in [-0.2, -0.15) is 13.2 Å². The number of pyridine rings is 1. The molecule has 1 aliphatic heterocycles. The highest BCUT2D eigenvalue weighted by atomic mass is 19.4. The van der Waals surface area contributed by atoms with Gasteiger partial charge in [-0.05, 0) is 31.2 Å². The first-order valence-electron chi connectivity index (χ1n) is 10.8. The Morgan fingerprint density at radius 3 is 2.54 bits per heavy atom. The number of alkyl halides is 3. The Kier molecular flexibility index (Phi) is 6.79. The molecule has 1 unspecified atom stereocenters. The van der Waals surface area contributed by atoms with E-state index in [1.165, 1.54) is 13.0 Å². The monoisotopic (exact) mass is 489 g/mol. The summed E-state index contributed by atoms with van der Waals surface area (Å²) in [6, 6.07) is 10.7. The van der Waals surface area contributed by atoms with Crippen LogP contribution in [-0.4, -0.2) is 49.3 Å². The fourth-order valence-corrected chi connectivity index (χ4v) is 3.78. The molecule has 0 radical (unpaired) electrons. The number of rotatable bonds is 5. The van der Waals surface area contributed by atoms with Crippen LogP contribution in [0.3, 0.4) is 0 Å². The van der Waals surface area contributed by atoms with E-state index in [2.05, 4.69) is 10.3 Å². The molecule has 1 saturated heterocycles. The molecule has 1 aliphatic rings. The number of hydrogen-bond acceptors (Lipinski definition) is 6. The predicted molar refractivity (Wildman–Crippen MR) is 123 cm³/mol. The van der Waals surface area contributed by atoms with Gasteiger partial charge >= 0.3 is 12.1 Å². The predicted octanol–water partition coefficient (Wildman–Crippen LogP) is 3.57. The molecule has 0 aliphatic carbocycles. The summed E-state index contributed by atoms with van der Waals surface area (Å²) in [5.41, 5.74) is -0.721. The number of hydrogen-bond donors (Lipinski definition) is 2. The van der Waals surface area contributed by atoms with Crippen molar-refractivity contribution in [1.82, 2.24) is 4.98 Å². The van der Waals surface area contributed by atoms with Gasteiger partial charge in [0, 0.05) is 30.1 Å². The van der Waals surface area contributed by atoms with E-state index in [0.29, 0.717) is 42.9 Å². The summed E-state index contributed by atoms with van der Waals surface area (Å²) in [6.45, 7) is 2.96. The van der Waals surface area contributed by atoms with E-state index in [0.717, 1.165) is 18.2 Å². The molecule has 0 spiro atoms. The van der Waals surface area contributed by atoms with Crippen molar-refractivity contribution in [2.45, 2.75) is 19.2 Å². The maximum absolute atomic E-state index is 13.3. The van der Waals surface area contributed by atoms with Crippen molar-refractivity contribution >= 4 is 34.2 Å². The summed E-state index contributed by atoms with van der Waals surface area (Å²) < 4.78 is 50.5. The van der Waals surface area contributed by atoms with Crippen molar-refractivity contribution in [2.24, 2.45) is 0 Å². The second kappa shape index (κ2) is 9.79. The molecule has 8 nitrogen and oxygen atoms in total. The van der Waals surface area contributed by atoms with Crippen molar-refractivity contribution in [2.75, 3.05) is 36.5 Å². The van der Waals surface area contributed by atoms with Crippen molar-refractivity contribution in [3.05, 3.63) is 70.0 Å². The number of ether oxygens (including phenoxy) is 2. The maximum atomic E-state index is 13.3. The number of anilines is 2. The van der Waals surface area contributed by atoms with Gasteiger partial charge in [0.25, 0.3) is 5.91 Å². The number of para-hydroxylation sites is 1. The van der Waals surface area contributed by atoms with Crippen LogP contribution in [0.25, 0.3) is 10.9 Å². The molecule has 1 aromatic heterocycles. The summed E-state index contributed by atoms with van der Waals surface area (Å²) >= 11 is 0. The fourth-order valence-electron chi connectivity index (χ4n) is 3.78. The van der Waals surface area contributed by atoms with Gasteiger partial charge in [-0.1, -0.05) is 18.2 Å². The molecule has 2 heterocycles. The topological polar surface area (TPSA) is 101 Å². The summed E-state index contributed by atoms with van der Waals surface area (Å²) in [7, 11) is 0. The molecule has 1 fully saturated rings. The van der Waals surface area contributed by atoms with Gasteiger partial charge in [0.2, 0.25) is 5.56 Å². The van der Waals surface area contributed by atoms with Crippen LogP contribution < -0.4 is 15.8 Å². The second-order valence-corrected chi connectivity index (χ2v) is 7.96. The van der Waals surface area contributed by atoms with Gasteiger partial charge in [0.15, 0.2) is 6.10 Å². The fraction of sp³-hybridized carbons (Fsp3) is 0.292. The zero-order valence-corrected chi connectivity index (χ0v) is 18.6. The van der Waals surface area contributed by atoms with Crippen LogP contribution in [0, 0.1) is 0 Å². The molecule has 2 N–H and O–H groups in total. The van der Waals surface area contributed by atoms with Crippen LogP contribution >= 0.6 is 0 Å². The summed E-state index contributed by atoms with van der Waals surface area (Å²) in [6.07, 6.45) is -5.96. The highest BCUT2D eigenvalue weighted by molar-refractivity contribution is 6.05. The lowest BCUT2D eigenvalue weighted by atomic mass is 10.1. The van der Waals surface area contributed by atoms with Crippen LogP contribution in [0.4, 0.5) is 24.5 Å². The third-order valence-electron chi connectivity index (χ3n) is 5.56. The van der Waals surface area contributed by atoms with E-state index in [4.69, 9.17) is 9.47 Å². The highest BCUT2D eigenvalue weighted by Crippen LogP contribution is 2.36. The van der Waals surface area contributed by atoms with Gasteiger partial charge in [-0.15, -0.1) is 0 Å². The SMILES string of the molecule is CC(OC(=O)c1cc(=O)[nH]c2ccccc12)C(=O)Nc1cc(C(F)(F)F)ccc1N1CCOCC1. The minimum absolute atomic E-state index is 0.0305. The first-order chi connectivity index (χ1) is 16.6. The molecular weight excluding hydrogens is 467 g/mol. The quantitative estimate of drug-likeness (QED) is 0.532. The zero-order chi connectivity index (χ0) is 25.2. The third kappa shape index (κ3) is 5.46. The number of esters is 1. The Bertz CT molecular complexity index is 1320. The maximum Gasteiger partial charge on any atom is 0.416 e. The molecule has 184 valence electrons. The zero-order valence-electron chi connectivity index (χ0n) is 18.6. The number of fused-ring (bicyclic) bond motifs is 1. The van der Waals surface area contributed by atoms with Gasteiger partial charge in [0.05, 0.1) is 35.7 Å².